The van der Waals surface area contributed by atoms with Gasteiger partial charge in [0.15, 0.2) is 5.82 Å². The number of rotatable bonds is 5. The van der Waals surface area contributed by atoms with Gasteiger partial charge in [-0.2, -0.15) is 0 Å². The second-order valence-corrected chi connectivity index (χ2v) is 13.8. The molecule has 0 aliphatic heterocycles. The van der Waals surface area contributed by atoms with E-state index in [1.165, 1.54) is 54.4 Å². The molecular weight excluding hydrogens is 657 g/mol. The third-order valence-corrected chi connectivity index (χ3v) is 10.8. The lowest BCUT2D eigenvalue weighted by atomic mass is 10.0. The number of hydrogen-bond donors (Lipinski definition) is 0. The predicted molar refractivity (Wildman–Crippen MR) is 225 cm³/mol. The lowest BCUT2D eigenvalue weighted by Gasteiger charge is -2.13. The van der Waals surface area contributed by atoms with Crippen molar-refractivity contribution in [1.82, 2.24) is 19.1 Å². The van der Waals surface area contributed by atoms with Gasteiger partial charge in [-0.05, 0) is 77.5 Å². The summed E-state index contributed by atoms with van der Waals surface area (Å²) in [6.07, 6.45) is 0. The lowest BCUT2D eigenvalue weighted by Crippen LogP contribution is -1.98. The number of nitrogens with zero attached hydrogens (tertiary/aromatic N) is 4. The zero-order chi connectivity index (χ0) is 35.6. The average molecular weight is 689 g/mol. The first-order valence-corrected chi connectivity index (χ1v) is 18.3. The highest BCUT2D eigenvalue weighted by atomic mass is 15.0. The first-order chi connectivity index (χ1) is 26.8. The van der Waals surface area contributed by atoms with Crippen LogP contribution >= 0.6 is 0 Å². The Balaban J connectivity index is 1.05. The van der Waals surface area contributed by atoms with Gasteiger partial charge in [0, 0.05) is 49.6 Å². The summed E-state index contributed by atoms with van der Waals surface area (Å²) >= 11 is 0. The molecule has 0 N–H and O–H groups in total. The number of fused-ring (bicyclic) bond motifs is 7. The molecule has 0 radical (unpaired) electrons. The Hall–Kier alpha value is -7.30. The Bertz CT molecular complexity index is 2920. The van der Waals surface area contributed by atoms with Gasteiger partial charge < -0.3 is 9.13 Å². The molecule has 3 aromatic heterocycles. The Kier molecular flexibility index (Phi) is 6.82. The number of para-hydroxylation sites is 4. The lowest BCUT2D eigenvalue weighted by molar-refractivity contribution is 1.16. The molecular formula is C50H32N4. The van der Waals surface area contributed by atoms with Crippen LogP contribution in [0.3, 0.4) is 0 Å². The maximum Gasteiger partial charge on any atom is 0.160 e. The van der Waals surface area contributed by atoms with Crippen LogP contribution in [0.2, 0.25) is 0 Å². The molecule has 0 unspecified atom stereocenters. The zero-order valence-electron chi connectivity index (χ0n) is 29.3. The Morgan fingerprint density at radius 1 is 0.315 bits per heavy atom. The van der Waals surface area contributed by atoms with Crippen molar-refractivity contribution in [2.75, 3.05) is 0 Å². The first-order valence-electron chi connectivity index (χ1n) is 18.3. The van der Waals surface area contributed by atoms with Crippen LogP contribution in [0.25, 0.3) is 99.7 Å². The average Bonchev–Trinajstić information content (AvgIpc) is 3.77. The molecule has 54 heavy (non-hydrogen) atoms. The molecule has 4 heteroatoms. The van der Waals surface area contributed by atoms with E-state index in [4.69, 9.17) is 9.97 Å². The van der Waals surface area contributed by atoms with Crippen molar-refractivity contribution in [1.29, 1.82) is 0 Å². The minimum atomic E-state index is 0.690. The molecule has 0 aliphatic rings. The van der Waals surface area contributed by atoms with Crippen LogP contribution in [0, 0.1) is 0 Å². The molecule has 0 fully saturated rings. The summed E-state index contributed by atoms with van der Waals surface area (Å²) in [5.74, 6) is 0.690. The summed E-state index contributed by atoms with van der Waals surface area (Å²) in [4.78, 5) is 10.5. The molecule has 4 nitrogen and oxygen atoms in total. The highest BCUT2D eigenvalue weighted by Crippen LogP contribution is 2.36. The SMILES string of the molecule is c1ccc2c(-c3cc(-c4ccc(-n5c6ccccc6c6ccccc65)cc4)nc(-c4ccc(-n5c6ccccc6c6ccccc65)cc4)n3)cccc2c1. The van der Waals surface area contributed by atoms with E-state index in [-0.39, 0.29) is 0 Å². The Morgan fingerprint density at radius 2 is 0.722 bits per heavy atom. The fourth-order valence-corrected chi connectivity index (χ4v) is 8.25. The van der Waals surface area contributed by atoms with Gasteiger partial charge in [-0.25, -0.2) is 9.97 Å². The molecule has 0 aliphatic carbocycles. The van der Waals surface area contributed by atoms with Gasteiger partial charge in [0.25, 0.3) is 0 Å². The second-order valence-electron chi connectivity index (χ2n) is 13.8. The molecule has 3 heterocycles. The van der Waals surface area contributed by atoms with Crippen LogP contribution < -0.4 is 0 Å². The smallest absolute Gasteiger partial charge is 0.160 e. The van der Waals surface area contributed by atoms with Crippen molar-refractivity contribution in [3.63, 3.8) is 0 Å². The summed E-state index contributed by atoms with van der Waals surface area (Å²) in [5.41, 5.74) is 11.8. The van der Waals surface area contributed by atoms with Crippen molar-refractivity contribution >= 4 is 54.4 Å². The van der Waals surface area contributed by atoms with Crippen molar-refractivity contribution < 1.29 is 0 Å². The molecule has 0 saturated heterocycles. The van der Waals surface area contributed by atoms with Crippen molar-refractivity contribution in [2.45, 2.75) is 0 Å². The van der Waals surface area contributed by atoms with E-state index < -0.39 is 0 Å². The van der Waals surface area contributed by atoms with E-state index in [1.54, 1.807) is 0 Å². The molecule has 0 atom stereocenters. The molecule has 252 valence electrons. The minimum absolute atomic E-state index is 0.690. The summed E-state index contributed by atoms with van der Waals surface area (Å²) in [7, 11) is 0. The van der Waals surface area contributed by atoms with E-state index in [0.717, 1.165) is 39.5 Å². The van der Waals surface area contributed by atoms with Crippen LogP contribution in [0.4, 0.5) is 0 Å². The third-order valence-electron chi connectivity index (χ3n) is 10.8. The maximum atomic E-state index is 5.25. The number of hydrogen-bond acceptors (Lipinski definition) is 2. The zero-order valence-corrected chi connectivity index (χ0v) is 29.3. The monoisotopic (exact) mass is 688 g/mol. The molecule has 0 saturated carbocycles. The summed E-state index contributed by atoms with van der Waals surface area (Å²) < 4.78 is 4.69. The molecule has 11 rings (SSSR count). The van der Waals surface area contributed by atoms with Gasteiger partial charge in [0.2, 0.25) is 0 Å². The van der Waals surface area contributed by atoms with Crippen LogP contribution in [0.1, 0.15) is 0 Å². The van der Waals surface area contributed by atoms with Crippen LogP contribution in [-0.4, -0.2) is 19.1 Å². The summed E-state index contributed by atoms with van der Waals surface area (Å²) in [6.45, 7) is 0. The largest absolute Gasteiger partial charge is 0.309 e. The fourth-order valence-electron chi connectivity index (χ4n) is 8.25. The third kappa shape index (κ3) is 4.78. The van der Waals surface area contributed by atoms with Gasteiger partial charge in [0.05, 0.1) is 33.5 Å². The number of aromatic nitrogens is 4. The topological polar surface area (TPSA) is 35.6 Å². The number of benzene rings is 8. The van der Waals surface area contributed by atoms with Gasteiger partial charge in [-0.3, -0.25) is 0 Å². The fraction of sp³-hybridized carbons (Fsp3) is 0. The van der Waals surface area contributed by atoms with Crippen LogP contribution in [0.15, 0.2) is 194 Å². The quantitative estimate of drug-likeness (QED) is 0.180. The van der Waals surface area contributed by atoms with Gasteiger partial charge in [0.1, 0.15) is 0 Å². The second kappa shape index (κ2) is 12.1. The van der Waals surface area contributed by atoms with Gasteiger partial charge in [-0.15, -0.1) is 0 Å². The molecule has 0 amide bonds. The highest BCUT2D eigenvalue weighted by molar-refractivity contribution is 6.10. The normalized spacial score (nSPS) is 11.7. The standard InChI is InChI=1S/C50H32N4/c1-2-14-38-33(12-1)13-11-19-39(38)45-32-44(34-24-28-36(29-25-34)53-46-20-7-3-15-40(46)41-16-4-8-21-47(41)53)51-50(52-45)35-26-30-37(31-27-35)54-48-22-9-5-17-42(48)43-18-6-10-23-49(43)54/h1-32H. The minimum Gasteiger partial charge on any atom is -0.309 e. The molecule has 11 aromatic rings. The van der Waals surface area contributed by atoms with Crippen LogP contribution in [-0.2, 0) is 0 Å². The predicted octanol–water partition coefficient (Wildman–Crippen LogP) is 12.8. The first kappa shape index (κ1) is 30.3. The Morgan fingerprint density at radius 3 is 1.24 bits per heavy atom. The van der Waals surface area contributed by atoms with E-state index in [9.17, 15) is 0 Å². The maximum absolute atomic E-state index is 5.25. The van der Waals surface area contributed by atoms with Crippen LogP contribution in [0.5, 0.6) is 0 Å². The van der Waals surface area contributed by atoms with E-state index >= 15 is 0 Å². The summed E-state index contributed by atoms with van der Waals surface area (Å²) in [5, 5.41) is 7.35. The molecule has 0 bridgehead atoms. The van der Waals surface area contributed by atoms with E-state index in [0.29, 0.717) is 5.82 Å². The summed E-state index contributed by atoms with van der Waals surface area (Å²) in [6, 6.07) is 69.0. The van der Waals surface area contributed by atoms with E-state index in [1.807, 2.05) is 0 Å². The Labute approximate surface area is 311 Å². The molecule has 0 spiro atoms. The van der Waals surface area contributed by atoms with Crippen molar-refractivity contribution in [3.8, 4) is 45.3 Å². The molecule has 8 aromatic carbocycles. The van der Waals surface area contributed by atoms with Gasteiger partial charge >= 0.3 is 0 Å². The van der Waals surface area contributed by atoms with Crippen molar-refractivity contribution in [2.24, 2.45) is 0 Å². The van der Waals surface area contributed by atoms with Gasteiger partial charge in [-0.1, -0.05) is 127 Å². The highest BCUT2D eigenvalue weighted by Gasteiger charge is 2.16. The van der Waals surface area contributed by atoms with E-state index in [2.05, 4.69) is 203 Å². The van der Waals surface area contributed by atoms with Crippen molar-refractivity contribution in [3.05, 3.63) is 194 Å².